The predicted octanol–water partition coefficient (Wildman–Crippen LogP) is 5.87. The van der Waals surface area contributed by atoms with Crippen LogP contribution >= 0.6 is 11.8 Å². The molecule has 4 aromatic rings. The van der Waals surface area contributed by atoms with Gasteiger partial charge in [-0.2, -0.15) is 0 Å². The lowest BCUT2D eigenvalue weighted by Gasteiger charge is -2.15. The summed E-state index contributed by atoms with van der Waals surface area (Å²) in [6.07, 6.45) is 1.51. The van der Waals surface area contributed by atoms with Gasteiger partial charge >= 0.3 is 0 Å². The lowest BCUT2D eigenvalue weighted by Crippen LogP contribution is -2.30. The second kappa shape index (κ2) is 16.6. The number of thioether (sulfide) groups is 1. The number of amides is 3. The highest BCUT2D eigenvalue weighted by molar-refractivity contribution is 8.00. The van der Waals surface area contributed by atoms with Gasteiger partial charge in [-0.25, -0.2) is 0 Å². The summed E-state index contributed by atoms with van der Waals surface area (Å²) in [5.74, 6) is 1.02. The lowest BCUT2D eigenvalue weighted by atomic mass is 10.1. The first-order chi connectivity index (χ1) is 22.8. The van der Waals surface area contributed by atoms with Crippen molar-refractivity contribution in [2.45, 2.75) is 4.90 Å². The molecule has 0 unspecified atom stereocenters. The molecule has 11 nitrogen and oxygen atoms in total. The first-order valence-electron chi connectivity index (χ1n) is 14.2. The van der Waals surface area contributed by atoms with Crippen molar-refractivity contribution in [3.05, 3.63) is 102 Å². The fourth-order valence-electron chi connectivity index (χ4n) is 4.40. The maximum Gasteiger partial charge on any atom is 0.272 e. The molecule has 12 heteroatoms. The maximum absolute atomic E-state index is 13.6. The molecule has 0 aromatic heterocycles. The van der Waals surface area contributed by atoms with Crippen LogP contribution in [-0.2, 0) is 9.59 Å². The highest BCUT2D eigenvalue weighted by Crippen LogP contribution is 2.38. The fourth-order valence-corrected chi connectivity index (χ4v) is 5.16. The van der Waals surface area contributed by atoms with E-state index in [2.05, 4.69) is 16.0 Å². The molecule has 3 amide bonds. The van der Waals surface area contributed by atoms with Crippen molar-refractivity contribution in [1.82, 2.24) is 5.32 Å². The van der Waals surface area contributed by atoms with Gasteiger partial charge in [-0.3, -0.25) is 14.4 Å². The van der Waals surface area contributed by atoms with Gasteiger partial charge in [-0.05, 0) is 66.2 Å². The molecule has 4 aromatic carbocycles. The van der Waals surface area contributed by atoms with E-state index in [0.717, 1.165) is 4.90 Å². The standard InChI is InChI=1S/C35H35N3O8S/c1-42-25-14-15-29(43-2)27(20-25)37-32(39)21-47-26-13-9-12-24(19-26)36-35(41)28(38-34(40)23-10-7-6-8-11-23)16-22-17-30(44-3)33(46-5)31(18-22)45-4/h6-20H,21H2,1-5H3,(H,36,41)(H,37,39)(H,38,40)/b28-16+. The van der Waals surface area contributed by atoms with E-state index in [0.29, 0.717) is 51.2 Å². The number of ether oxygens (including phenoxy) is 5. The summed E-state index contributed by atoms with van der Waals surface area (Å²) in [5.41, 5.74) is 1.81. The van der Waals surface area contributed by atoms with Crippen LogP contribution in [0, 0.1) is 0 Å². The third kappa shape index (κ3) is 9.21. The number of anilines is 2. The quantitative estimate of drug-likeness (QED) is 0.112. The SMILES string of the molecule is COc1ccc(OC)c(NC(=O)CSc2cccc(NC(=O)/C(=C\c3cc(OC)c(OC)c(OC)c3)NC(=O)c3ccccc3)c2)c1. The molecule has 0 fully saturated rings. The smallest absolute Gasteiger partial charge is 0.272 e. The minimum atomic E-state index is -0.576. The number of methoxy groups -OCH3 is 5. The minimum Gasteiger partial charge on any atom is -0.497 e. The van der Waals surface area contributed by atoms with Gasteiger partial charge in [0.1, 0.15) is 17.2 Å². The Labute approximate surface area is 277 Å². The van der Waals surface area contributed by atoms with Gasteiger partial charge in [0.2, 0.25) is 11.7 Å². The Kier molecular flexibility index (Phi) is 12.1. The summed E-state index contributed by atoms with van der Waals surface area (Å²) in [7, 11) is 7.52. The van der Waals surface area contributed by atoms with Crippen molar-refractivity contribution in [2.24, 2.45) is 0 Å². The first-order valence-corrected chi connectivity index (χ1v) is 15.2. The minimum absolute atomic E-state index is 0.0298. The zero-order chi connectivity index (χ0) is 33.8. The van der Waals surface area contributed by atoms with Gasteiger partial charge in [0.05, 0.1) is 47.0 Å². The molecule has 0 aliphatic carbocycles. The number of rotatable bonds is 14. The average Bonchev–Trinajstić information content (AvgIpc) is 3.10. The molecule has 0 spiro atoms. The molecule has 0 heterocycles. The molecule has 0 saturated heterocycles. The molecular formula is C35H35N3O8S. The third-order valence-electron chi connectivity index (χ3n) is 6.67. The molecule has 0 atom stereocenters. The summed E-state index contributed by atoms with van der Waals surface area (Å²) in [5, 5.41) is 8.40. The Hall–Kier alpha value is -5.62. The van der Waals surface area contributed by atoms with Crippen molar-refractivity contribution in [3.63, 3.8) is 0 Å². The van der Waals surface area contributed by atoms with Crippen LogP contribution < -0.4 is 39.6 Å². The highest BCUT2D eigenvalue weighted by atomic mass is 32.2. The number of carbonyl (C=O) groups is 3. The first kappa shape index (κ1) is 34.3. The van der Waals surface area contributed by atoms with E-state index >= 15 is 0 Å². The van der Waals surface area contributed by atoms with Crippen LogP contribution in [0.3, 0.4) is 0 Å². The average molecular weight is 658 g/mol. The van der Waals surface area contributed by atoms with Gasteiger partial charge in [0.15, 0.2) is 11.5 Å². The van der Waals surface area contributed by atoms with E-state index in [-0.39, 0.29) is 17.4 Å². The Morgan fingerprint density at radius 3 is 2.04 bits per heavy atom. The number of benzene rings is 4. The molecule has 0 aliphatic rings. The van der Waals surface area contributed by atoms with E-state index in [9.17, 15) is 14.4 Å². The van der Waals surface area contributed by atoms with Crippen molar-refractivity contribution < 1.29 is 38.1 Å². The topological polar surface area (TPSA) is 133 Å². The molecule has 3 N–H and O–H groups in total. The van der Waals surface area contributed by atoms with Crippen LogP contribution in [0.5, 0.6) is 28.7 Å². The predicted molar refractivity (Wildman–Crippen MR) is 182 cm³/mol. The molecule has 244 valence electrons. The zero-order valence-corrected chi connectivity index (χ0v) is 27.4. The van der Waals surface area contributed by atoms with Crippen LogP contribution in [0.15, 0.2) is 95.5 Å². The Bertz CT molecular complexity index is 1740. The second-order valence-electron chi connectivity index (χ2n) is 9.72. The van der Waals surface area contributed by atoms with Crippen molar-refractivity contribution in [1.29, 1.82) is 0 Å². The summed E-state index contributed by atoms with van der Waals surface area (Å²) in [4.78, 5) is 40.2. The van der Waals surface area contributed by atoms with E-state index in [1.54, 1.807) is 86.0 Å². The van der Waals surface area contributed by atoms with Crippen LogP contribution in [-0.4, -0.2) is 59.0 Å². The maximum atomic E-state index is 13.6. The summed E-state index contributed by atoms with van der Waals surface area (Å²) < 4.78 is 26.9. The number of hydrogen-bond acceptors (Lipinski definition) is 9. The molecular weight excluding hydrogens is 622 g/mol. The fraction of sp³-hybridized carbons (Fsp3) is 0.171. The molecule has 0 radical (unpaired) electrons. The van der Waals surface area contributed by atoms with E-state index in [1.807, 2.05) is 6.07 Å². The van der Waals surface area contributed by atoms with E-state index < -0.39 is 11.8 Å². The zero-order valence-electron chi connectivity index (χ0n) is 26.5. The summed E-state index contributed by atoms with van der Waals surface area (Å²) in [6, 6.07) is 24.0. The molecule has 4 rings (SSSR count). The Morgan fingerprint density at radius 1 is 0.702 bits per heavy atom. The third-order valence-corrected chi connectivity index (χ3v) is 7.66. The summed E-state index contributed by atoms with van der Waals surface area (Å²) in [6.45, 7) is 0. The van der Waals surface area contributed by atoms with E-state index in [4.69, 9.17) is 23.7 Å². The lowest BCUT2D eigenvalue weighted by molar-refractivity contribution is -0.114. The monoisotopic (exact) mass is 657 g/mol. The number of carbonyl (C=O) groups excluding carboxylic acids is 3. The number of hydrogen-bond donors (Lipinski definition) is 3. The van der Waals surface area contributed by atoms with Gasteiger partial charge in [-0.15, -0.1) is 11.8 Å². The second-order valence-corrected chi connectivity index (χ2v) is 10.8. The molecule has 0 bridgehead atoms. The summed E-state index contributed by atoms with van der Waals surface area (Å²) >= 11 is 1.28. The molecule has 47 heavy (non-hydrogen) atoms. The highest BCUT2D eigenvalue weighted by Gasteiger charge is 2.18. The number of nitrogens with one attached hydrogen (secondary N) is 3. The molecule has 0 aliphatic heterocycles. The largest absolute Gasteiger partial charge is 0.497 e. The van der Waals surface area contributed by atoms with Gasteiger partial charge in [-0.1, -0.05) is 24.3 Å². The normalized spacial score (nSPS) is 10.8. The van der Waals surface area contributed by atoms with Crippen molar-refractivity contribution >= 4 is 46.9 Å². The van der Waals surface area contributed by atoms with E-state index in [1.165, 1.54) is 46.3 Å². The van der Waals surface area contributed by atoms with Crippen molar-refractivity contribution in [3.8, 4) is 28.7 Å². The van der Waals surface area contributed by atoms with Crippen LogP contribution in [0.25, 0.3) is 6.08 Å². The van der Waals surface area contributed by atoms with Crippen LogP contribution in [0.4, 0.5) is 11.4 Å². The van der Waals surface area contributed by atoms with Gasteiger partial charge in [0.25, 0.3) is 11.8 Å². The van der Waals surface area contributed by atoms with Crippen LogP contribution in [0.2, 0.25) is 0 Å². The Balaban J connectivity index is 1.53. The van der Waals surface area contributed by atoms with Crippen molar-refractivity contribution in [2.75, 3.05) is 51.9 Å². The van der Waals surface area contributed by atoms with Gasteiger partial charge < -0.3 is 39.6 Å². The molecule has 0 saturated carbocycles. The Morgan fingerprint density at radius 2 is 1.40 bits per heavy atom. The van der Waals surface area contributed by atoms with Crippen LogP contribution in [0.1, 0.15) is 15.9 Å². The van der Waals surface area contributed by atoms with Gasteiger partial charge in [0, 0.05) is 22.2 Å².